The van der Waals surface area contributed by atoms with Gasteiger partial charge >= 0.3 is 0 Å². The van der Waals surface area contributed by atoms with Gasteiger partial charge in [-0.1, -0.05) is 58.4 Å². The summed E-state index contributed by atoms with van der Waals surface area (Å²) in [5.41, 5.74) is 4.40. The molecule has 0 spiro atoms. The molecule has 0 radical (unpaired) electrons. The number of carbonyl (C=O) groups excluding carboxylic acids is 1. The van der Waals surface area contributed by atoms with Gasteiger partial charge in [0.05, 0.1) is 6.04 Å². The van der Waals surface area contributed by atoms with Crippen molar-refractivity contribution in [1.29, 1.82) is 0 Å². The van der Waals surface area contributed by atoms with Gasteiger partial charge < -0.3 is 10.3 Å². The number of halogens is 1. The van der Waals surface area contributed by atoms with E-state index in [9.17, 15) is 4.79 Å². The number of rotatable bonds is 6. The van der Waals surface area contributed by atoms with Crippen LogP contribution < -0.4 is 5.32 Å². The van der Waals surface area contributed by atoms with Gasteiger partial charge in [-0.2, -0.15) is 0 Å². The summed E-state index contributed by atoms with van der Waals surface area (Å²) in [6.07, 6.45) is 1.16. The summed E-state index contributed by atoms with van der Waals surface area (Å²) in [6.45, 7) is 2.00. The molecule has 4 heteroatoms. The van der Waals surface area contributed by atoms with Crippen LogP contribution in [0.1, 0.15) is 30.6 Å². The van der Waals surface area contributed by atoms with Crippen LogP contribution in [-0.4, -0.2) is 10.9 Å². The van der Waals surface area contributed by atoms with Crippen molar-refractivity contribution in [2.24, 2.45) is 0 Å². The lowest BCUT2D eigenvalue weighted by Crippen LogP contribution is -2.26. The summed E-state index contributed by atoms with van der Waals surface area (Å²) in [6, 6.07) is 22.3. The fourth-order valence-corrected chi connectivity index (χ4v) is 3.21. The lowest BCUT2D eigenvalue weighted by atomic mass is 10.1. The average Bonchev–Trinajstić information content (AvgIpc) is 3.10. The van der Waals surface area contributed by atoms with Gasteiger partial charge in [0, 0.05) is 22.3 Å². The van der Waals surface area contributed by atoms with Crippen molar-refractivity contribution in [3.8, 4) is 11.3 Å². The van der Waals surface area contributed by atoms with Gasteiger partial charge in [-0.3, -0.25) is 4.79 Å². The van der Waals surface area contributed by atoms with Crippen LogP contribution in [0.25, 0.3) is 11.3 Å². The van der Waals surface area contributed by atoms with E-state index in [1.54, 1.807) is 0 Å². The Hall–Kier alpha value is -2.33. The monoisotopic (exact) mass is 396 g/mol. The van der Waals surface area contributed by atoms with Crippen molar-refractivity contribution in [3.05, 3.63) is 82.5 Å². The van der Waals surface area contributed by atoms with E-state index in [1.165, 1.54) is 0 Å². The first-order valence-corrected chi connectivity index (χ1v) is 9.19. The van der Waals surface area contributed by atoms with E-state index < -0.39 is 0 Å². The third-order valence-corrected chi connectivity index (χ3v) is 4.67. The van der Waals surface area contributed by atoms with Crippen molar-refractivity contribution >= 4 is 21.8 Å². The molecular formula is C21H21BrN2O. The van der Waals surface area contributed by atoms with Crippen LogP contribution in [0.5, 0.6) is 0 Å². The lowest BCUT2D eigenvalue weighted by molar-refractivity contribution is -0.121. The molecule has 2 N–H and O–H groups in total. The second-order valence-electron chi connectivity index (χ2n) is 6.11. The maximum absolute atomic E-state index is 12.2. The Morgan fingerprint density at radius 2 is 1.88 bits per heavy atom. The second kappa shape index (κ2) is 8.17. The van der Waals surface area contributed by atoms with E-state index in [-0.39, 0.29) is 11.9 Å². The zero-order valence-corrected chi connectivity index (χ0v) is 15.7. The normalized spacial score (nSPS) is 11.9. The summed E-state index contributed by atoms with van der Waals surface area (Å²) >= 11 is 3.46. The van der Waals surface area contributed by atoms with E-state index in [2.05, 4.69) is 44.4 Å². The molecule has 0 fully saturated rings. The molecule has 0 bridgehead atoms. The fourth-order valence-electron chi connectivity index (χ4n) is 2.79. The van der Waals surface area contributed by atoms with Crippen molar-refractivity contribution in [2.75, 3.05) is 0 Å². The third kappa shape index (κ3) is 4.83. The minimum atomic E-state index is -0.00600. The Morgan fingerprint density at radius 1 is 1.08 bits per heavy atom. The molecular weight excluding hydrogens is 376 g/mol. The van der Waals surface area contributed by atoms with Gasteiger partial charge in [-0.15, -0.1) is 0 Å². The van der Waals surface area contributed by atoms with Gasteiger partial charge in [0.25, 0.3) is 0 Å². The van der Waals surface area contributed by atoms with Crippen LogP contribution in [0.15, 0.2) is 71.2 Å². The molecule has 3 rings (SSSR count). The maximum Gasteiger partial charge on any atom is 0.220 e. The highest BCUT2D eigenvalue weighted by Crippen LogP contribution is 2.19. The van der Waals surface area contributed by atoms with Crippen molar-refractivity contribution < 1.29 is 4.79 Å². The summed E-state index contributed by atoms with van der Waals surface area (Å²) < 4.78 is 1.02. The quantitative estimate of drug-likeness (QED) is 0.586. The first kappa shape index (κ1) is 17.5. The van der Waals surface area contributed by atoms with Crippen molar-refractivity contribution in [1.82, 2.24) is 10.3 Å². The molecule has 3 aromatic rings. The van der Waals surface area contributed by atoms with Crippen molar-refractivity contribution in [2.45, 2.75) is 25.8 Å². The van der Waals surface area contributed by atoms with Crippen molar-refractivity contribution in [3.63, 3.8) is 0 Å². The van der Waals surface area contributed by atoms with E-state index in [0.717, 1.165) is 27.0 Å². The minimum Gasteiger partial charge on any atom is -0.358 e. The van der Waals surface area contributed by atoms with Crippen LogP contribution in [0.4, 0.5) is 0 Å². The van der Waals surface area contributed by atoms with Gasteiger partial charge in [0.1, 0.15) is 0 Å². The van der Waals surface area contributed by atoms with Gasteiger partial charge in [-0.25, -0.2) is 0 Å². The zero-order valence-electron chi connectivity index (χ0n) is 14.1. The van der Waals surface area contributed by atoms with Crippen LogP contribution in [-0.2, 0) is 11.2 Å². The lowest BCUT2D eigenvalue weighted by Gasteiger charge is -2.14. The summed E-state index contributed by atoms with van der Waals surface area (Å²) in [5.74, 6) is 0.0586. The smallest absolute Gasteiger partial charge is 0.220 e. The van der Waals surface area contributed by atoms with E-state index >= 15 is 0 Å². The maximum atomic E-state index is 12.2. The molecule has 1 amide bonds. The van der Waals surface area contributed by atoms with Crippen LogP contribution in [0.3, 0.4) is 0 Å². The number of amides is 1. The Kier molecular flexibility index (Phi) is 5.71. The third-order valence-electron chi connectivity index (χ3n) is 4.18. The Balaban J connectivity index is 1.53. The topological polar surface area (TPSA) is 44.9 Å². The Bertz CT molecular complexity index is 842. The Labute approximate surface area is 156 Å². The number of hydrogen-bond donors (Lipinski definition) is 2. The number of carbonyl (C=O) groups is 1. The molecule has 1 heterocycles. The van der Waals surface area contributed by atoms with Gasteiger partial charge in [0.2, 0.25) is 5.91 Å². The molecule has 1 unspecified atom stereocenters. The Morgan fingerprint density at radius 3 is 2.64 bits per heavy atom. The highest BCUT2D eigenvalue weighted by atomic mass is 79.9. The molecule has 0 aliphatic heterocycles. The molecule has 25 heavy (non-hydrogen) atoms. The number of nitrogens with one attached hydrogen (secondary N) is 2. The average molecular weight is 397 g/mol. The SMILES string of the molecule is CC(NC(=O)CCc1ccc(-c2ccccc2)[nH]1)c1cccc(Br)c1. The number of H-pyrrole nitrogens is 1. The standard InChI is InChI=1S/C21H21BrN2O/c1-15(17-8-5-9-18(22)14-17)23-21(25)13-11-19-10-12-20(24-19)16-6-3-2-4-7-16/h2-10,12,14-15,24H,11,13H2,1H3,(H,23,25). The summed E-state index contributed by atoms with van der Waals surface area (Å²) in [7, 11) is 0. The predicted octanol–water partition coefficient (Wildman–Crippen LogP) is 5.25. The fraction of sp³-hybridized carbons (Fsp3) is 0.190. The van der Waals surface area contributed by atoms with Crippen LogP contribution in [0, 0.1) is 0 Å². The predicted molar refractivity (Wildman–Crippen MR) is 105 cm³/mol. The first-order valence-electron chi connectivity index (χ1n) is 8.40. The van der Waals surface area contributed by atoms with Crippen LogP contribution in [0.2, 0.25) is 0 Å². The molecule has 0 aliphatic rings. The number of aryl methyl sites for hydroxylation is 1. The number of benzene rings is 2. The number of aromatic nitrogens is 1. The first-order chi connectivity index (χ1) is 12.1. The summed E-state index contributed by atoms with van der Waals surface area (Å²) in [5, 5.41) is 3.06. The van der Waals surface area contributed by atoms with Gasteiger partial charge in [0.15, 0.2) is 0 Å². The largest absolute Gasteiger partial charge is 0.358 e. The van der Waals surface area contributed by atoms with Crippen LogP contribution >= 0.6 is 15.9 Å². The van der Waals surface area contributed by atoms with E-state index in [0.29, 0.717) is 12.8 Å². The van der Waals surface area contributed by atoms with E-state index in [1.807, 2.05) is 55.5 Å². The highest BCUT2D eigenvalue weighted by molar-refractivity contribution is 9.10. The molecule has 1 atom stereocenters. The highest BCUT2D eigenvalue weighted by Gasteiger charge is 2.10. The number of aromatic amines is 1. The van der Waals surface area contributed by atoms with Gasteiger partial charge in [-0.05, 0) is 48.7 Å². The molecule has 3 nitrogen and oxygen atoms in total. The summed E-state index contributed by atoms with van der Waals surface area (Å²) in [4.78, 5) is 15.6. The molecule has 128 valence electrons. The zero-order chi connectivity index (χ0) is 17.6. The number of hydrogen-bond acceptors (Lipinski definition) is 1. The molecule has 0 saturated heterocycles. The second-order valence-corrected chi connectivity index (χ2v) is 7.02. The molecule has 1 aromatic heterocycles. The van der Waals surface area contributed by atoms with E-state index in [4.69, 9.17) is 0 Å². The minimum absolute atomic E-state index is 0.00600. The molecule has 0 aliphatic carbocycles. The molecule has 2 aromatic carbocycles. The molecule has 0 saturated carbocycles.